The fraction of sp³-hybridized carbons (Fsp3) is 1.00. The van der Waals surface area contributed by atoms with Gasteiger partial charge in [0.1, 0.15) is 5.67 Å². The highest BCUT2D eigenvalue weighted by Gasteiger charge is 2.37. The highest BCUT2D eigenvalue weighted by atomic mass is 19.1. The standard InChI is InChI=1S/C7H14FN.C2H6/c1-3-4-9-5-7(2,8)6-9;1-2/h3-6H2,1-2H3;1-2H3. The molecule has 0 aromatic rings. The summed E-state index contributed by atoms with van der Waals surface area (Å²) in [4.78, 5) is 2.14. The van der Waals surface area contributed by atoms with Crippen LogP contribution in [0.5, 0.6) is 0 Å². The molecule has 0 radical (unpaired) electrons. The minimum absolute atomic E-state index is 0.640. The van der Waals surface area contributed by atoms with E-state index in [1.54, 1.807) is 6.92 Å². The van der Waals surface area contributed by atoms with Gasteiger partial charge in [0.15, 0.2) is 0 Å². The average molecular weight is 161 g/mol. The third kappa shape index (κ3) is 3.71. The zero-order chi connectivity index (χ0) is 8.91. The quantitative estimate of drug-likeness (QED) is 0.601. The van der Waals surface area contributed by atoms with Crippen LogP contribution >= 0.6 is 0 Å². The van der Waals surface area contributed by atoms with Crippen LogP contribution in [-0.2, 0) is 0 Å². The summed E-state index contributed by atoms with van der Waals surface area (Å²) in [6.45, 7) is 10.1. The minimum atomic E-state index is -0.880. The number of nitrogens with zero attached hydrogens (tertiary/aromatic N) is 1. The van der Waals surface area contributed by atoms with Crippen LogP contribution < -0.4 is 0 Å². The Balaban J connectivity index is 0.000000461. The van der Waals surface area contributed by atoms with Gasteiger partial charge in [-0.2, -0.15) is 0 Å². The van der Waals surface area contributed by atoms with Gasteiger partial charge in [0, 0.05) is 13.1 Å². The zero-order valence-corrected chi connectivity index (χ0v) is 8.15. The van der Waals surface area contributed by atoms with Crippen molar-refractivity contribution >= 4 is 0 Å². The van der Waals surface area contributed by atoms with E-state index >= 15 is 0 Å². The van der Waals surface area contributed by atoms with Crippen molar-refractivity contribution in [2.45, 2.75) is 39.8 Å². The Labute approximate surface area is 69.6 Å². The first-order valence-corrected chi connectivity index (χ1v) is 4.55. The van der Waals surface area contributed by atoms with E-state index < -0.39 is 5.67 Å². The molecule has 0 atom stereocenters. The molecule has 0 saturated carbocycles. The number of alkyl halides is 1. The zero-order valence-electron chi connectivity index (χ0n) is 8.15. The summed E-state index contributed by atoms with van der Waals surface area (Å²) in [6, 6.07) is 0. The predicted octanol–water partition coefficient (Wildman–Crippen LogP) is 2.47. The summed E-state index contributed by atoms with van der Waals surface area (Å²) in [5.41, 5.74) is -0.880. The summed E-state index contributed by atoms with van der Waals surface area (Å²) >= 11 is 0. The van der Waals surface area contributed by atoms with Crippen LogP contribution in [0.15, 0.2) is 0 Å². The molecule has 0 spiro atoms. The fourth-order valence-corrected chi connectivity index (χ4v) is 1.36. The summed E-state index contributed by atoms with van der Waals surface area (Å²) in [5, 5.41) is 0. The minimum Gasteiger partial charge on any atom is -0.297 e. The maximum Gasteiger partial charge on any atom is 0.133 e. The van der Waals surface area contributed by atoms with Gasteiger partial charge in [-0.25, -0.2) is 4.39 Å². The Bertz CT molecular complexity index is 93.7. The molecule has 2 heteroatoms. The van der Waals surface area contributed by atoms with Gasteiger partial charge in [-0.1, -0.05) is 20.8 Å². The Morgan fingerprint density at radius 2 is 1.82 bits per heavy atom. The lowest BCUT2D eigenvalue weighted by Gasteiger charge is -2.42. The fourth-order valence-electron chi connectivity index (χ4n) is 1.36. The molecular formula is C9H20FN. The lowest BCUT2D eigenvalue weighted by atomic mass is 9.99. The van der Waals surface area contributed by atoms with Crippen molar-refractivity contribution in [2.75, 3.05) is 19.6 Å². The predicted molar refractivity (Wildman–Crippen MR) is 47.6 cm³/mol. The molecule has 1 heterocycles. The lowest BCUT2D eigenvalue weighted by molar-refractivity contribution is -0.0168. The van der Waals surface area contributed by atoms with Gasteiger partial charge in [0.2, 0.25) is 0 Å². The van der Waals surface area contributed by atoms with Crippen molar-refractivity contribution in [3.63, 3.8) is 0 Å². The maximum atomic E-state index is 12.7. The van der Waals surface area contributed by atoms with Crippen molar-refractivity contribution in [1.82, 2.24) is 4.90 Å². The van der Waals surface area contributed by atoms with Crippen molar-refractivity contribution < 1.29 is 4.39 Å². The van der Waals surface area contributed by atoms with E-state index in [2.05, 4.69) is 11.8 Å². The molecule has 0 aromatic heterocycles. The topological polar surface area (TPSA) is 3.24 Å². The van der Waals surface area contributed by atoms with Gasteiger partial charge in [0.05, 0.1) is 0 Å². The number of hydrogen-bond donors (Lipinski definition) is 0. The molecule has 0 amide bonds. The summed E-state index contributed by atoms with van der Waals surface area (Å²) in [5.74, 6) is 0. The Morgan fingerprint density at radius 1 is 1.36 bits per heavy atom. The second-order valence-corrected chi connectivity index (χ2v) is 3.12. The smallest absolute Gasteiger partial charge is 0.133 e. The maximum absolute atomic E-state index is 12.7. The molecule has 0 bridgehead atoms. The van der Waals surface area contributed by atoms with Gasteiger partial charge in [-0.3, -0.25) is 4.90 Å². The van der Waals surface area contributed by atoms with Crippen LogP contribution in [0.4, 0.5) is 4.39 Å². The molecule has 0 N–H and O–H groups in total. The first kappa shape index (κ1) is 10.9. The first-order chi connectivity index (χ1) is 5.14. The SMILES string of the molecule is CC.CCCN1CC(C)(F)C1. The summed E-state index contributed by atoms with van der Waals surface area (Å²) < 4.78 is 12.7. The molecule has 68 valence electrons. The van der Waals surface area contributed by atoms with Crippen molar-refractivity contribution in [3.8, 4) is 0 Å². The van der Waals surface area contributed by atoms with Gasteiger partial charge < -0.3 is 0 Å². The first-order valence-electron chi connectivity index (χ1n) is 4.55. The molecule has 0 aromatic carbocycles. The lowest BCUT2D eigenvalue weighted by Crippen LogP contribution is -2.56. The summed E-state index contributed by atoms with van der Waals surface area (Å²) in [6.07, 6.45) is 1.14. The van der Waals surface area contributed by atoms with Crippen LogP contribution in [0.2, 0.25) is 0 Å². The Kier molecular flexibility index (Phi) is 4.66. The van der Waals surface area contributed by atoms with E-state index in [4.69, 9.17) is 0 Å². The third-order valence-corrected chi connectivity index (χ3v) is 1.65. The second-order valence-electron chi connectivity index (χ2n) is 3.12. The molecule has 1 aliphatic rings. The summed E-state index contributed by atoms with van der Waals surface area (Å²) in [7, 11) is 0. The van der Waals surface area contributed by atoms with Gasteiger partial charge in [0.25, 0.3) is 0 Å². The molecule has 1 nitrogen and oxygen atoms in total. The highest BCUT2D eigenvalue weighted by Crippen LogP contribution is 2.23. The molecule has 11 heavy (non-hydrogen) atoms. The molecule has 1 rings (SSSR count). The van der Waals surface area contributed by atoms with Crippen molar-refractivity contribution in [3.05, 3.63) is 0 Å². The molecule has 0 aliphatic carbocycles. The van der Waals surface area contributed by atoms with Crippen LogP contribution in [-0.4, -0.2) is 30.2 Å². The van der Waals surface area contributed by atoms with Crippen LogP contribution in [0, 0.1) is 0 Å². The van der Waals surface area contributed by atoms with Crippen LogP contribution in [0.25, 0.3) is 0 Å². The average Bonchev–Trinajstić information content (AvgIpc) is 1.89. The Hall–Kier alpha value is -0.110. The van der Waals surface area contributed by atoms with E-state index in [9.17, 15) is 4.39 Å². The normalized spacial score (nSPS) is 21.5. The van der Waals surface area contributed by atoms with E-state index in [0.29, 0.717) is 13.1 Å². The van der Waals surface area contributed by atoms with Crippen LogP contribution in [0.3, 0.4) is 0 Å². The highest BCUT2D eigenvalue weighted by molar-refractivity contribution is 4.91. The molecule has 1 saturated heterocycles. The second kappa shape index (κ2) is 4.70. The monoisotopic (exact) mass is 161 g/mol. The van der Waals surface area contributed by atoms with Gasteiger partial charge in [-0.15, -0.1) is 0 Å². The van der Waals surface area contributed by atoms with Crippen molar-refractivity contribution in [1.29, 1.82) is 0 Å². The third-order valence-electron chi connectivity index (χ3n) is 1.65. The molecule has 1 fully saturated rings. The number of rotatable bonds is 2. The van der Waals surface area contributed by atoms with Crippen LogP contribution in [0.1, 0.15) is 34.1 Å². The number of likely N-dealkylation sites (tertiary alicyclic amines) is 1. The van der Waals surface area contributed by atoms with Gasteiger partial charge >= 0.3 is 0 Å². The van der Waals surface area contributed by atoms with E-state index in [1.165, 1.54) is 0 Å². The molecular weight excluding hydrogens is 141 g/mol. The molecule has 0 unspecified atom stereocenters. The Morgan fingerprint density at radius 3 is 2.09 bits per heavy atom. The van der Waals surface area contributed by atoms with E-state index in [0.717, 1.165) is 13.0 Å². The largest absolute Gasteiger partial charge is 0.297 e. The van der Waals surface area contributed by atoms with Crippen molar-refractivity contribution in [2.24, 2.45) is 0 Å². The number of hydrogen-bond acceptors (Lipinski definition) is 1. The van der Waals surface area contributed by atoms with E-state index in [-0.39, 0.29) is 0 Å². The van der Waals surface area contributed by atoms with Gasteiger partial charge in [-0.05, 0) is 19.9 Å². The molecule has 1 aliphatic heterocycles. The number of halogens is 1. The van der Waals surface area contributed by atoms with E-state index in [1.807, 2.05) is 13.8 Å².